The summed E-state index contributed by atoms with van der Waals surface area (Å²) < 4.78 is 0. The van der Waals surface area contributed by atoms with Crippen LogP contribution in [0.2, 0.25) is 0 Å². The molecule has 1 heterocycles. The molecule has 0 bridgehead atoms. The minimum atomic E-state index is 0.639. The fraction of sp³-hybridized carbons (Fsp3) is 0.625. The van der Waals surface area contributed by atoms with Crippen molar-refractivity contribution in [2.45, 2.75) is 39.7 Å². The van der Waals surface area contributed by atoms with Crippen LogP contribution in [0.15, 0.2) is 24.3 Å². The standard InChI is InChI=1S/C16H26N2/c1-4-18(15-9-7-13(2)8-10-15)12-16-14(3)6-5-11-17-16/h7-10,14,16-17H,4-6,11-12H2,1-3H3. The van der Waals surface area contributed by atoms with Crippen molar-refractivity contribution in [3.05, 3.63) is 29.8 Å². The Morgan fingerprint density at radius 2 is 2.00 bits per heavy atom. The number of anilines is 1. The van der Waals surface area contributed by atoms with E-state index in [1.807, 2.05) is 0 Å². The van der Waals surface area contributed by atoms with Crippen molar-refractivity contribution in [1.82, 2.24) is 5.32 Å². The van der Waals surface area contributed by atoms with Crippen molar-refractivity contribution in [1.29, 1.82) is 0 Å². The summed E-state index contributed by atoms with van der Waals surface area (Å²) in [4.78, 5) is 2.49. The van der Waals surface area contributed by atoms with Crippen LogP contribution in [0.3, 0.4) is 0 Å². The zero-order valence-corrected chi connectivity index (χ0v) is 11.9. The summed E-state index contributed by atoms with van der Waals surface area (Å²) in [6, 6.07) is 9.53. The fourth-order valence-electron chi connectivity index (χ4n) is 2.77. The minimum Gasteiger partial charge on any atom is -0.370 e. The van der Waals surface area contributed by atoms with E-state index in [0.29, 0.717) is 6.04 Å². The molecule has 1 saturated heterocycles. The molecule has 1 aromatic rings. The summed E-state index contributed by atoms with van der Waals surface area (Å²) in [6.45, 7) is 10.1. The zero-order chi connectivity index (χ0) is 13.0. The van der Waals surface area contributed by atoms with Crippen LogP contribution >= 0.6 is 0 Å². The number of hydrogen-bond acceptors (Lipinski definition) is 2. The van der Waals surface area contributed by atoms with Crippen LogP contribution in [0.25, 0.3) is 0 Å². The third-order valence-electron chi connectivity index (χ3n) is 4.13. The Balaban J connectivity index is 2.02. The van der Waals surface area contributed by atoms with Crippen LogP contribution < -0.4 is 10.2 Å². The first-order valence-corrected chi connectivity index (χ1v) is 7.25. The highest BCUT2D eigenvalue weighted by atomic mass is 15.2. The number of likely N-dealkylation sites (N-methyl/N-ethyl adjacent to an activating group) is 1. The first-order valence-electron chi connectivity index (χ1n) is 7.25. The maximum absolute atomic E-state index is 3.67. The van der Waals surface area contributed by atoms with Gasteiger partial charge in [-0.05, 0) is 51.3 Å². The van der Waals surface area contributed by atoms with E-state index in [-0.39, 0.29) is 0 Å². The van der Waals surface area contributed by atoms with Crippen LogP contribution in [0, 0.1) is 12.8 Å². The minimum absolute atomic E-state index is 0.639. The SMILES string of the molecule is CCN(CC1NCCCC1C)c1ccc(C)cc1. The van der Waals surface area contributed by atoms with Gasteiger partial charge in [-0.2, -0.15) is 0 Å². The molecule has 2 rings (SSSR count). The lowest BCUT2D eigenvalue weighted by Crippen LogP contribution is -2.48. The van der Waals surface area contributed by atoms with Gasteiger partial charge in [-0.15, -0.1) is 0 Å². The first kappa shape index (κ1) is 13.4. The number of rotatable bonds is 4. The van der Waals surface area contributed by atoms with Crippen molar-refractivity contribution >= 4 is 5.69 Å². The number of piperidine rings is 1. The molecule has 0 radical (unpaired) electrons. The van der Waals surface area contributed by atoms with Crippen molar-refractivity contribution in [2.75, 3.05) is 24.5 Å². The second-order valence-electron chi connectivity index (χ2n) is 5.55. The van der Waals surface area contributed by atoms with Gasteiger partial charge in [-0.25, -0.2) is 0 Å². The van der Waals surface area contributed by atoms with Gasteiger partial charge in [0.2, 0.25) is 0 Å². The highest BCUT2D eigenvalue weighted by Gasteiger charge is 2.22. The maximum Gasteiger partial charge on any atom is 0.0366 e. The van der Waals surface area contributed by atoms with Gasteiger partial charge < -0.3 is 10.2 Å². The monoisotopic (exact) mass is 246 g/mol. The average Bonchev–Trinajstić information content (AvgIpc) is 2.39. The Labute approximate surface area is 111 Å². The second-order valence-corrected chi connectivity index (χ2v) is 5.55. The molecule has 18 heavy (non-hydrogen) atoms. The molecule has 1 aliphatic heterocycles. The summed E-state index contributed by atoms with van der Waals surface area (Å²) in [5.41, 5.74) is 2.68. The molecule has 1 N–H and O–H groups in total. The van der Waals surface area contributed by atoms with Crippen molar-refractivity contribution in [3.8, 4) is 0 Å². The van der Waals surface area contributed by atoms with Gasteiger partial charge in [0, 0.05) is 24.8 Å². The van der Waals surface area contributed by atoms with Gasteiger partial charge in [0.05, 0.1) is 0 Å². The lowest BCUT2D eigenvalue weighted by molar-refractivity contribution is 0.301. The number of aryl methyl sites for hydroxylation is 1. The molecule has 1 fully saturated rings. The van der Waals surface area contributed by atoms with Crippen LogP contribution in [-0.2, 0) is 0 Å². The molecule has 0 spiro atoms. The molecule has 0 amide bonds. The zero-order valence-electron chi connectivity index (χ0n) is 11.9. The van der Waals surface area contributed by atoms with E-state index in [1.165, 1.54) is 30.6 Å². The lowest BCUT2D eigenvalue weighted by atomic mass is 9.92. The Bertz CT molecular complexity index is 358. The largest absolute Gasteiger partial charge is 0.370 e. The Hall–Kier alpha value is -1.02. The summed E-state index contributed by atoms with van der Waals surface area (Å²) in [7, 11) is 0. The lowest BCUT2D eigenvalue weighted by Gasteiger charge is -2.35. The second kappa shape index (κ2) is 6.24. The molecule has 0 aromatic heterocycles. The highest BCUT2D eigenvalue weighted by molar-refractivity contribution is 5.47. The Morgan fingerprint density at radius 3 is 2.61 bits per heavy atom. The third kappa shape index (κ3) is 3.26. The van der Waals surface area contributed by atoms with E-state index in [2.05, 4.69) is 55.3 Å². The van der Waals surface area contributed by atoms with Gasteiger partial charge in [-0.1, -0.05) is 24.6 Å². The average molecular weight is 246 g/mol. The van der Waals surface area contributed by atoms with Crippen molar-refractivity contribution in [2.24, 2.45) is 5.92 Å². The predicted molar refractivity (Wildman–Crippen MR) is 79.3 cm³/mol. The molecular formula is C16H26N2. The van der Waals surface area contributed by atoms with Crippen LogP contribution in [0.5, 0.6) is 0 Å². The summed E-state index contributed by atoms with van der Waals surface area (Å²) >= 11 is 0. The van der Waals surface area contributed by atoms with Gasteiger partial charge in [0.15, 0.2) is 0 Å². The summed E-state index contributed by atoms with van der Waals surface area (Å²) in [5.74, 6) is 0.790. The topological polar surface area (TPSA) is 15.3 Å². The quantitative estimate of drug-likeness (QED) is 0.877. The molecular weight excluding hydrogens is 220 g/mol. The van der Waals surface area contributed by atoms with E-state index in [0.717, 1.165) is 19.0 Å². The molecule has 100 valence electrons. The van der Waals surface area contributed by atoms with E-state index >= 15 is 0 Å². The predicted octanol–water partition coefficient (Wildman–Crippen LogP) is 3.21. The van der Waals surface area contributed by atoms with E-state index in [9.17, 15) is 0 Å². The molecule has 1 aliphatic rings. The number of benzene rings is 1. The van der Waals surface area contributed by atoms with Gasteiger partial charge in [0.1, 0.15) is 0 Å². The first-order chi connectivity index (χ1) is 8.70. The molecule has 2 atom stereocenters. The van der Waals surface area contributed by atoms with Crippen LogP contribution in [-0.4, -0.2) is 25.7 Å². The van der Waals surface area contributed by atoms with E-state index < -0.39 is 0 Å². The van der Waals surface area contributed by atoms with Gasteiger partial charge in [0.25, 0.3) is 0 Å². The van der Waals surface area contributed by atoms with Crippen LogP contribution in [0.4, 0.5) is 5.69 Å². The number of nitrogens with one attached hydrogen (secondary N) is 1. The Kier molecular flexibility index (Phi) is 4.65. The molecule has 2 unspecified atom stereocenters. The van der Waals surface area contributed by atoms with E-state index in [1.54, 1.807) is 0 Å². The summed E-state index contributed by atoms with van der Waals surface area (Å²) in [5, 5.41) is 3.67. The normalized spacial score (nSPS) is 23.9. The maximum atomic E-state index is 3.67. The molecule has 1 aromatic carbocycles. The molecule has 2 heteroatoms. The highest BCUT2D eigenvalue weighted by Crippen LogP contribution is 2.20. The van der Waals surface area contributed by atoms with E-state index in [4.69, 9.17) is 0 Å². The molecule has 0 aliphatic carbocycles. The van der Waals surface area contributed by atoms with Gasteiger partial charge >= 0.3 is 0 Å². The number of hydrogen-bond donors (Lipinski definition) is 1. The van der Waals surface area contributed by atoms with Gasteiger partial charge in [-0.3, -0.25) is 0 Å². The van der Waals surface area contributed by atoms with Crippen molar-refractivity contribution in [3.63, 3.8) is 0 Å². The number of nitrogens with zero attached hydrogens (tertiary/aromatic N) is 1. The molecule has 2 nitrogen and oxygen atoms in total. The third-order valence-corrected chi connectivity index (χ3v) is 4.13. The smallest absolute Gasteiger partial charge is 0.0366 e. The summed E-state index contributed by atoms with van der Waals surface area (Å²) in [6.07, 6.45) is 2.69. The van der Waals surface area contributed by atoms with Crippen LogP contribution in [0.1, 0.15) is 32.3 Å². The van der Waals surface area contributed by atoms with Crippen molar-refractivity contribution < 1.29 is 0 Å². The molecule has 0 saturated carbocycles. The Morgan fingerprint density at radius 1 is 1.28 bits per heavy atom. The fourth-order valence-corrected chi connectivity index (χ4v) is 2.77.